The lowest BCUT2D eigenvalue weighted by atomic mass is 10.2. The molecule has 0 unspecified atom stereocenters. The highest BCUT2D eigenvalue weighted by molar-refractivity contribution is 7.19. The van der Waals surface area contributed by atoms with E-state index in [0.29, 0.717) is 42.0 Å². The summed E-state index contributed by atoms with van der Waals surface area (Å²) in [4.78, 5) is 45.2. The van der Waals surface area contributed by atoms with Gasteiger partial charge in [0.05, 0.1) is 0 Å². The minimum absolute atomic E-state index is 0.0375. The van der Waals surface area contributed by atoms with Crippen molar-refractivity contribution in [2.45, 2.75) is 52.7 Å². The zero-order valence-electron chi connectivity index (χ0n) is 22.6. The molecule has 0 aliphatic carbocycles. The lowest BCUT2D eigenvalue weighted by Gasteiger charge is -2.36. The molecule has 2 aromatic heterocycles. The van der Waals surface area contributed by atoms with Gasteiger partial charge in [-0.2, -0.15) is 14.6 Å². The molecule has 0 bridgehead atoms. The van der Waals surface area contributed by atoms with Crippen LogP contribution in [0, 0.1) is 0 Å². The number of nitrogens with zero attached hydrogens (tertiary/aromatic N) is 5. The number of nitrogens with one attached hydrogen (secondary N) is 1. The second kappa shape index (κ2) is 10.6. The van der Waals surface area contributed by atoms with Crippen molar-refractivity contribution in [3.8, 4) is 10.6 Å². The van der Waals surface area contributed by atoms with Gasteiger partial charge in [0.1, 0.15) is 28.6 Å². The van der Waals surface area contributed by atoms with Gasteiger partial charge in [-0.25, -0.2) is 4.79 Å². The number of hydrogen-bond donors (Lipinski definition) is 1. The van der Waals surface area contributed by atoms with Gasteiger partial charge < -0.3 is 24.6 Å². The van der Waals surface area contributed by atoms with Crippen LogP contribution in [-0.2, 0) is 14.3 Å². The summed E-state index contributed by atoms with van der Waals surface area (Å²) in [5, 5.41) is 8.52. The lowest BCUT2D eigenvalue weighted by Crippen LogP contribution is -2.50. The first-order valence-electron chi connectivity index (χ1n) is 12.5. The fourth-order valence-electron chi connectivity index (χ4n) is 3.90. The Kier molecular flexibility index (Phi) is 7.63. The van der Waals surface area contributed by atoms with Crippen LogP contribution >= 0.6 is 11.3 Å². The van der Waals surface area contributed by atoms with Crippen molar-refractivity contribution in [2.75, 3.05) is 42.9 Å². The van der Waals surface area contributed by atoms with E-state index in [4.69, 9.17) is 14.6 Å². The number of carbonyl (C=O) groups excluding carboxylic acids is 2. The van der Waals surface area contributed by atoms with Crippen LogP contribution in [0.4, 0.5) is 16.3 Å². The van der Waals surface area contributed by atoms with E-state index in [9.17, 15) is 14.4 Å². The quantitative estimate of drug-likeness (QED) is 0.482. The van der Waals surface area contributed by atoms with Gasteiger partial charge in [0.15, 0.2) is 0 Å². The summed E-state index contributed by atoms with van der Waals surface area (Å²) >= 11 is 1.31. The molecule has 1 N–H and O–H groups in total. The van der Waals surface area contributed by atoms with E-state index in [1.807, 2.05) is 70.7 Å². The fourth-order valence-corrected chi connectivity index (χ4v) is 4.80. The summed E-state index contributed by atoms with van der Waals surface area (Å²) in [5.41, 5.74) is 0.110. The predicted molar refractivity (Wildman–Crippen MR) is 147 cm³/mol. The highest BCUT2D eigenvalue weighted by Crippen LogP contribution is 2.29. The van der Waals surface area contributed by atoms with Crippen molar-refractivity contribution in [1.29, 1.82) is 0 Å². The van der Waals surface area contributed by atoms with E-state index >= 15 is 0 Å². The molecule has 12 heteroatoms. The standard InChI is InChI=1S/C26H34N6O5S/c1-25(2,3)36-21(34)16-27-18-9-7-8-17(14-18)22-29-32-20(15-19(33)28-23(32)38-22)30-10-12-31(13-11-30)24(35)37-26(4,5)6/h7-9,14-15,27H,10-13,16H2,1-6H3. The zero-order valence-corrected chi connectivity index (χ0v) is 23.4. The second-order valence-electron chi connectivity index (χ2n) is 11.0. The molecule has 1 aliphatic rings. The number of piperazine rings is 1. The maximum Gasteiger partial charge on any atom is 0.410 e. The molecule has 204 valence electrons. The van der Waals surface area contributed by atoms with E-state index in [-0.39, 0.29) is 24.2 Å². The maximum atomic E-state index is 12.4. The number of fused-ring (bicyclic) bond motifs is 1. The zero-order chi connectivity index (χ0) is 27.7. The number of rotatable bonds is 5. The van der Waals surface area contributed by atoms with E-state index < -0.39 is 11.2 Å². The van der Waals surface area contributed by atoms with Crippen LogP contribution in [-0.4, -0.2) is 75.5 Å². The first-order chi connectivity index (χ1) is 17.8. The highest BCUT2D eigenvalue weighted by atomic mass is 32.1. The number of aromatic nitrogens is 3. The van der Waals surface area contributed by atoms with E-state index in [2.05, 4.69) is 10.3 Å². The number of ether oxygens (including phenoxy) is 2. The molecule has 1 amide bonds. The van der Waals surface area contributed by atoms with Gasteiger partial charge in [0.2, 0.25) is 4.96 Å². The van der Waals surface area contributed by atoms with Crippen LogP contribution in [0.3, 0.4) is 0 Å². The van der Waals surface area contributed by atoms with Crippen molar-refractivity contribution < 1.29 is 19.1 Å². The molecule has 0 saturated carbocycles. The molecule has 1 fully saturated rings. The van der Waals surface area contributed by atoms with Crippen LogP contribution in [0.15, 0.2) is 35.1 Å². The summed E-state index contributed by atoms with van der Waals surface area (Å²) in [7, 11) is 0. The summed E-state index contributed by atoms with van der Waals surface area (Å²) in [6.07, 6.45) is -0.342. The summed E-state index contributed by atoms with van der Waals surface area (Å²) < 4.78 is 12.5. The first-order valence-corrected chi connectivity index (χ1v) is 13.3. The number of anilines is 2. The van der Waals surface area contributed by atoms with Crippen LogP contribution in [0.2, 0.25) is 0 Å². The lowest BCUT2D eigenvalue weighted by molar-refractivity contribution is -0.152. The summed E-state index contributed by atoms with van der Waals surface area (Å²) in [6, 6.07) is 9.00. The Bertz CT molecular complexity index is 1380. The summed E-state index contributed by atoms with van der Waals surface area (Å²) in [5.74, 6) is 0.285. The molecule has 4 rings (SSSR count). The van der Waals surface area contributed by atoms with Crippen LogP contribution in [0.25, 0.3) is 15.5 Å². The number of carbonyl (C=O) groups is 2. The Balaban J connectivity index is 1.51. The molecule has 0 radical (unpaired) electrons. The average Bonchev–Trinajstić information content (AvgIpc) is 3.24. The van der Waals surface area contributed by atoms with E-state index in [0.717, 1.165) is 11.3 Å². The van der Waals surface area contributed by atoms with Gasteiger partial charge in [0.25, 0.3) is 5.56 Å². The molecule has 1 aromatic carbocycles. The number of esters is 1. The molecule has 38 heavy (non-hydrogen) atoms. The van der Waals surface area contributed by atoms with Gasteiger partial charge in [-0.05, 0) is 53.7 Å². The molecule has 1 saturated heterocycles. The largest absolute Gasteiger partial charge is 0.459 e. The third kappa shape index (κ3) is 7.00. The molecule has 11 nitrogen and oxygen atoms in total. The molecule has 3 aromatic rings. The van der Waals surface area contributed by atoms with Gasteiger partial charge in [-0.15, -0.1) is 0 Å². The molecule has 1 aliphatic heterocycles. The van der Waals surface area contributed by atoms with Crippen molar-refractivity contribution >= 4 is 39.9 Å². The van der Waals surface area contributed by atoms with Crippen LogP contribution < -0.4 is 15.8 Å². The molecular formula is C26H34N6O5S. The maximum absolute atomic E-state index is 12.4. The number of benzene rings is 1. The Hall–Kier alpha value is -3.67. The van der Waals surface area contributed by atoms with Crippen molar-refractivity contribution in [1.82, 2.24) is 19.5 Å². The van der Waals surface area contributed by atoms with E-state index in [1.165, 1.54) is 17.4 Å². The smallest absolute Gasteiger partial charge is 0.410 e. The fraction of sp³-hybridized carbons (Fsp3) is 0.500. The van der Waals surface area contributed by atoms with Gasteiger partial charge >= 0.3 is 12.1 Å². The number of amides is 1. The SMILES string of the molecule is CC(C)(C)OC(=O)CNc1cccc(-c2nn3c(N4CCN(C(=O)OC(C)(C)C)CC4)cc(=O)nc3s2)c1. The summed E-state index contributed by atoms with van der Waals surface area (Å²) in [6.45, 7) is 13.0. The molecular weight excluding hydrogens is 508 g/mol. The normalized spacial score (nSPS) is 14.5. The van der Waals surface area contributed by atoms with Crippen molar-refractivity contribution in [3.05, 3.63) is 40.7 Å². The second-order valence-corrected chi connectivity index (χ2v) is 12.0. The van der Waals surface area contributed by atoms with Crippen LogP contribution in [0.5, 0.6) is 0 Å². The van der Waals surface area contributed by atoms with E-state index in [1.54, 1.807) is 9.42 Å². The minimum atomic E-state index is -0.557. The molecule has 0 atom stereocenters. The third-order valence-corrected chi connectivity index (χ3v) is 6.41. The van der Waals surface area contributed by atoms with Gasteiger partial charge in [-0.3, -0.25) is 9.59 Å². The molecule has 3 heterocycles. The monoisotopic (exact) mass is 542 g/mol. The predicted octanol–water partition coefficient (Wildman–Crippen LogP) is 3.63. The third-order valence-electron chi connectivity index (χ3n) is 5.46. The van der Waals surface area contributed by atoms with Crippen LogP contribution in [0.1, 0.15) is 41.5 Å². The Morgan fingerprint density at radius 3 is 2.34 bits per heavy atom. The highest BCUT2D eigenvalue weighted by Gasteiger charge is 2.27. The van der Waals surface area contributed by atoms with Gasteiger partial charge in [-0.1, -0.05) is 23.5 Å². The molecule has 0 spiro atoms. The number of hydrogen-bond acceptors (Lipinski definition) is 10. The minimum Gasteiger partial charge on any atom is -0.459 e. The Morgan fingerprint density at radius 2 is 1.68 bits per heavy atom. The first kappa shape index (κ1) is 27.4. The van der Waals surface area contributed by atoms with Gasteiger partial charge in [0, 0.05) is 43.5 Å². The average molecular weight is 543 g/mol. The topological polar surface area (TPSA) is 118 Å². The Morgan fingerprint density at radius 1 is 1.00 bits per heavy atom. The van der Waals surface area contributed by atoms with Crippen molar-refractivity contribution in [3.63, 3.8) is 0 Å². The Labute approximate surface area is 225 Å². The van der Waals surface area contributed by atoms with Crippen molar-refractivity contribution in [2.24, 2.45) is 0 Å².